The zero-order valence-corrected chi connectivity index (χ0v) is 5.74. The molecule has 0 bridgehead atoms. The van der Waals surface area contributed by atoms with Gasteiger partial charge in [0.05, 0.1) is 5.60 Å². The molecular formula is C5H10F3NO. The zero-order chi connectivity index (χ0) is 8.58. The number of halogens is 3. The van der Waals surface area contributed by atoms with Crippen molar-refractivity contribution in [3.8, 4) is 0 Å². The van der Waals surface area contributed by atoms with Crippen LogP contribution in [0.15, 0.2) is 0 Å². The molecule has 0 aliphatic carbocycles. The molecule has 0 rings (SSSR count). The zero-order valence-electron chi connectivity index (χ0n) is 5.74. The van der Waals surface area contributed by atoms with Crippen molar-refractivity contribution in [2.75, 3.05) is 0 Å². The third-order valence-corrected chi connectivity index (χ3v) is 1.11. The Morgan fingerprint density at radius 2 is 1.60 bits per heavy atom. The molecule has 0 heterocycles. The van der Waals surface area contributed by atoms with Crippen molar-refractivity contribution in [3.05, 3.63) is 0 Å². The molecule has 3 N–H and O–H groups in total. The van der Waals surface area contributed by atoms with Crippen molar-refractivity contribution in [2.45, 2.75) is 31.7 Å². The molecule has 0 saturated carbocycles. The first-order chi connectivity index (χ1) is 4.15. The van der Waals surface area contributed by atoms with Gasteiger partial charge >= 0.3 is 6.18 Å². The largest absolute Gasteiger partial charge is 0.406 e. The molecule has 5 heteroatoms. The summed E-state index contributed by atoms with van der Waals surface area (Å²) in [5, 5.41) is 8.78. The summed E-state index contributed by atoms with van der Waals surface area (Å²) >= 11 is 0. The van der Waals surface area contributed by atoms with Crippen molar-refractivity contribution in [1.82, 2.24) is 0 Å². The standard InChI is InChI=1S/C5H10F3NO/c1-4(2,10)3(9)5(6,7)8/h3,10H,9H2,1-2H3/t3-/m0/s1. The molecule has 10 heavy (non-hydrogen) atoms. The minimum atomic E-state index is -4.53. The van der Waals surface area contributed by atoms with E-state index in [9.17, 15) is 13.2 Å². The molecule has 0 aromatic rings. The maximum Gasteiger partial charge on any atom is 0.406 e. The summed E-state index contributed by atoms with van der Waals surface area (Å²) in [6, 6.07) is -2.18. The molecule has 2 nitrogen and oxygen atoms in total. The number of hydrogen-bond donors (Lipinski definition) is 2. The Morgan fingerprint density at radius 3 is 1.60 bits per heavy atom. The fraction of sp³-hybridized carbons (Fsp3) is 1.00. The number of hydrogen-bond acceptors (Lipinski definition) is 2. The molecule has 0 fully saturated rings. The molecule has 1 atom stereocenters. The van der Waals surface area contributed by atoms with Crippen LogP contribution in [0.25, 0.3) is 0 Å². The Hall–Kier alpha value is -0.290. The molecule has 0 saturated heterocycles. The lowest BCUT2D eigenvalue weighted by molar-refractivity contribution is -0.185. The van der Waals surface area contributed by atoms with Crippen LogP contribution in [0.4, 0.5) is 13.2 Å². The molecule has 62 valence electrons. The van der Waals surface area contributed by atoms with E-state index >= 15 is 0 Å². The van der Waals surface area contributed by atoms with Crippen molar-refractivity contribution in [3.63, 3.8) is 0 Å². The first-order valence-corrected chi connectivity index (χ1v) is 2.70. The van der Waals surface area contributed by atoms with Gasteiger partial charge in [-0.3, -0.25) is 0 Å². The van der Waals surface area contributed by atoms with Gasteiger partial charge < -0.3 is 10.8 Å². The summed E-state index contributed by atoms with van der Waals surface area (Å²) in [5.74, 6) is 0. The van der Waals surface area contributed by atoms with E-state index in [1.54, 1.807) is 0 Å². The Bertz CT molecular complexity index is 101. The summed E-state index contributed by atoms with van der Waals surface area (Å²) in [6.45, 7) is 2.04. The van der Waals surface area contributed by atoms with Crippen molar-refractivity contribution < 1.29 is 18.3 Å². The first-order valence-electron chi connectivity index (χ1n) is 2.70. The molecule has 0 spiro atoms. The SMILES string of the molecule is CC(C)(O)[C@H](N)C(F)(F)F. The Morgan fingerprint density at radius 1 is 1.30 bits per heavy atom. The normalized spacial score (nSPS) is 17.1. The quantitative estimate of drug-likeness (QED) is 0.587. The van der Waals surface area contributed by atoms with Gasteiger partial charge in [-0.15, -0.1) is 0 Å². The third kappa shape index (κ3) is 2.53. The molecule has 0 aromatic heterocycles. The van der Waals surface area contributed by atoms with E-state index in [4.69, 9.17) is 5.11 Å². The number of aliphatic hydroxyl groups is 1. The molecule has 0 aromatic carbocycles. The summed E-state index contributed by atoms with van der Waals surface area (Å²) in [6.07, 6.45) is -4.53. The number of alkyl halides is 3. The average molecular weight is 157 g/mol. The van der Waals surface area contributed by atoms with E-state index in [1.165, 1.54) is 0 Å². The van der Waals surface area contributed by atoms with Crippen molar-refractivity contribution >= 4 is 0 Å². The van der Waals surface area contributed by atoms with Crippen LogP contribution in [0.3, 0.4) is 0 Å². The highest BCUT2D eigenvalue weighted by molar-refractivity contribution is 4.86. The lowest BCUT2D eigenvalue weighted by Gasteiger charge is -2.27. The monoisotopic (exact) mass is 157 g/mol. The Balaban J connectivity index is 4.23. The van der Waals surface area contributed by atoms with Gasteiger partial charge in [-0.25, -0.2) is 0 Å². The van der Waals surface area contributed by atoms with Crippen LogP contribution < -0.4 is 5.73 Å². The lowest BCUT2D eigenvalue weighted by Crippen LogP contribution is -2.52. The van der Waals surface area contributed by atoms with E-state index in [0.29, 0.717) is 0 Å². The van der Waals surface area contributed by atoms with Gasteiger partial charge in [-0.05, 0) is 13.8 Å². The molecule has 0 amide bonds. The van der Waals surface area contributed by atoms with Crippen molar-refractivity contribution in [2.24, 2.45) is 5.73 Å². The van der Waals surface area contributed by atoms with Crippen LogP contribution in [-0.2, 0) is 0 Å². The number of rotatable bonds is 1. The van der Waals surface area contributed by atoms with Crippen LogP contribution in [0.5, 0.6) is 0 Å². The second kappa shape index (κ2) is 2.39. The fourth-order valence-corrected chi connectivity index (χ4v) is 0.401. The van der Waals surface area contributed by atoms with Crippen LogP contribution in [0.2, 0.25) is 0 Å². The maximum absolute atomic E-state index is 11.7. The predicted molar refractivity (Wildman–Crippen MR) is 30.3 cm³/mol. The van der Waals surface area contributed by atoms with Gasteiger partial charge in [0.15, 0.2) is 0 Å². The summed E-state index contributed by atoms with van der Waals surface area (Å²) in [7, 11) is 0. The molecule has 0 unspecified atom stereocenters. The molecule has 0 aliphatic heterocycles. The molecular weight excluding hydrogens is 147 g/mol. The summed E-state index contributed by atoms with van der Waals surface area (Å²) < 4.78 is 35.0. The fourth-order valence-electron chi connectivity index (χ4n) is 0.401. The third-order valence-electron chi connectivity index (χ3n) is 1.11. The van der Waals surface area contributed by atoms with Gasteiger partial charge in [-0.1, -0.05) is 0 Å². The van der Waals surface area contributed by atoms with Crippen LogP contribution in [-0.4, -0.2) is 22.9 Å². The second-order valence-electron chi connectivity index (χ2n) is 2.67. The van der Waals surface area contributed by atoms with Crippen LogP contribution in [0.1, 0.15) is 13.8 Å². The summed E-state index contributed by atoms with van der Waals surface area (Å²) in [4.78, 5) is 0. The van der Waals surface area contributed by atoms with E-state index in [1.807, 2.05) is 0 Å². The molecule has 0 aliphatic rings. The van der Waals surface area contributed by atoms with Crippen LogP contribution >= 0.6 is 0 Å². The molecule has 0 radical (unpaired) electrons. The summed E-state index contributed by atoms with van der Waals surface area (Å²) in [5.41, 5.74) is 2.75. The van der Waals surface area contributed by atoms with Crippen molar-refractivity contribution in [1.29, 1.82) is 0 Å². The van der Waals surface area contributed by atoms with Gasteiger partial charge in [-0.2, -0.15) is 13.2 Å². The smallest absolute Gasteiger partial charge is 0.388 e. The minimum Gasteiger partial charge on any atom is -0.388 e. The lowest BCUT2D eigenvalue weighted by atomic mass is 10.00. The Kier molecular flexibility index (Phi) is 2.32. The van der Waals surface area contributed by atoms with E-state index in [0.717, 1.165) is 13.8 Å². The predicted octanol–water partition coefficient (Wildman–Crippen LogP) is 0.647. The van der Waals surface area contributed by atoms with Gasteiger partial charge in [0.25, 0.3) is 0 Å². The number of nitrogens with two attached hydrogens (primary N) is 1. The topological polar surface area (TPSA) is 46.2 Å². The van der Waals surface area contributed by atoms with Gasteiger partial charge in [0.2, 0.25) is 0 Å². The second-order valence-corrected chi connectivity index (χ2v) is 2.67. The van der Waals surface area contributed by atoms with Gasteiger partial charge in [0.1, 0.15) is 6.04 Å². The minimum absolute atomic E-state index is 1.02. The highest BCUT2D eigenvalue weighted by Crippen LogP contribution is 2.25. The van der Waals surface area contributed by atoms with E-state index in [-0.39, 0.29) is 0 Å². The van der Waals surface area contributed by atoms with E-state index in [2.05, 4.69) is 5.73 Å². The Labute approximate surface area is 56.8 Å². The van der Waals surface area contributed by atoms with E-state index < -0.39 is 17.8 Å². The highest BCUT2D eigenvalue weighted by Gasteiger charge is 2.45. The highest BCUT2D eigenvalue weighted by atomic mass is 19.4. The van der Waals surface area contributed by atoms with Gasteiger partial charge in [0, 0.05) is 0 Å². The average Bonchev–Trinajstić information content (AvgIpc) is 1.59. The maximum atomic E-state index is 11.7. The van der Waals surface area contributed by atoms with Crippen LogP contribution in [0, 0.1) is 0 Å². The first kappa shape index (κ1) is 9.71.